The topological polar surface area (TPSA) is 55.8 Å². The van der Waals surface area contributed by atoms with Gasteiger partial charge in [-0.1, -0.05) is 54.1 Å². The smallest absolute Gasteiger partial charge is 0.313 e. The maximum absolute atomic E-state index is 13.2. The van der Waals surface area contributed by atoms with Crippen LogP contribution in [0.5, 0.6) is 0 Å². The lowest BCUT2D eigenvalue weighted by atomic mass is 9.77. The quantitative estimate of drug-likeness (QED) is 0.588. The second-order valence-electron chi connectivity index (χ2n) is 7.39. The number of carbonyl (C=O) groups excluding carboxylic acids is 2. The third-order valence-corrected chi connectivity index (χ3v) is 5.99. The monoisotopic (exact) mass is 395 g/mol. The Hall–Kier alpha value is -2.63. The highest BCUT2D eigenvalue weighted by atomic mass is 35.5. The predicted molar refractivity (Wildman–Crippen MR) is 104 cm³/mol. The number of benzene rings is 2. The van der Waals surface area contributed by atoms with Crippen molar-refractivity contribution in [1.29, 1.82) is 0 Å². The minimum atomic E-state index is -0.766. The van der Waals surface area contributed by atoms with E-state index < -0.39 is 29.5 Å². The van der Waals surface area contributed by atoms with Crippen LogP contribution in [0.2, 0.25) is 5.02 Å². The molecular formula is C22H18ClNO4. The Morgan fingerprint density at radius 1 is 1.18 bits per heavy atom. The molecule has 3 aliphatic rings. The first-order valence-corrected chi connectivity index (χ1v) is 9.60. The van der Waals surface area contributed by atoms with Gasteiger partial charge in [0.15, 0.2) is 0 Å². The highest BCUT2D eigenvalue weighted by Gasteiger charge is 2.67. The molecule has 3 heterocycles. The Labute approximate surface area is 167 Å². The van der Waals surface area contributed by atoms with E-state index in [2.05, 4.69) is 0 Å². The normalized spacial score (nSPS) is 30.0. The van der Waals surface area contributed by atoms with Gasteiger partial charge in [0, 0.05) is 10.7 Å². The number of amides is 1. The number of ether oxygens (including phenoxy) is 2. The largest absolute Gasteiger partial charge is 0.460 e. The molecule has 2 bridgehead atoms. The van der Waals surface area contributed by atoms with Gasteiger partial charge in [-0.3, -0.25) is 9.59 Å². The highest BCUT2D eigenvalue weighted by molar-refractivity contribution is 6.30. The molecule has 1 amide bonds. The summed E-state index contributed by atoms with van der Waals surface area (Å²) in [5.41, 5.74) is 0.887. The summed E-state index contributed by atoms with van der Waals surface area (Å²) in [6.45, 7) is 0.564. The molecule has 28 heavy (non-hydrogen) atoms. The van der Waals surface area contributed by atoms with E-state index >= 15 is 0 Å². The number of carbonyl (C=O) groups is 2. The fourth-order valence-electron chi connectivity index (χ4n) is 4.43. The van der Waals surface area contributed by atoms with Crippen LogP contribution in [-0.2, 0) is 25.7 Å². The molecule has 2 aromatic carbocycles. The van der Waals surface area contributed by atoms with Crippen LogP contribution in [0.4, 0.5) is 5.69 Å². The van der Waals surface area contributed by atoms with Gasteiger partial charge in [0.2, 0.25) is 5.91 Å². The molecule has 1 spiro atoms. The van der Waals surface area contributed by atoms with E-state index in [4.69, 9.17) is 21.1 Å². The molecule has 0 unspecified atom stereocenters. The van der Waals surface area contributed by atoms with Gasteiger partial charge in [-0.2, -0.15) is 0 Å². The van der Waals surface area contributed by atoms with Crippen LogP contribution in [0.25, 0.3) is 0 Å². The van der Waals surface area contributed by atoms with Crippen molar-refractivity contribution in [3.8, 4) is 0 Å². The van der Waals surface area contributed by atoms with Crippen molar-refractivity contribution in [2.45, 2.75) is 18.3 Å². The van der Waals surface area contributed by atoms with Gasteiger partial charge in [0.1, 0.15) is 18.1 Å². The molecule has 142 valence electrons. The summed E-state index contributed by atoms with van der Waals surface area (Å²) in [6.07, 6.45) is 3.39. The number of halogens is 1. The molecular weight excluding hydrogens is 378 g/mol. The Morgan fingerprint density at radius 2 is 1.93 bits per heavy atom. The van der Waals surface area contributed by atoms with Crippen molar-refractivity contribution >= 4 is 29.2 Å². The van der Waals surface area contributed by atoms with E-state index in [-0.39, 0.29) is 12.5 Å². The number of fused-ring (bicyclic) bond motifs is 1. The van der Waals surface area contributed by atoms with Gasteiger partial charge in [-0.15, -0.1) is 0 Å². The number of esters is 1. The zero-order valence-electron chi connectivity index (χ0n) is 15.0. The lowest BCUT2D eigenvalue weighted by Crippen LogP contribution is -2.40. The van der Waals surface area contributed by atoms with E-state index in [1.165, 1.54) is 0 Å². The fourth-order valence-corrected chi connectivity index (χ4v) is 4.56. The Bertz CT molecular complexity index is 958. The van der Waals surface area contributed by atoms with Crippen molar-refractivity contribution < 1.29 is 19.1 Å². The fraction of sp³-hybridized carbons (Fsp3) is 0.273. The molecule has 4 atom stereocenters. The van der Waals surface area contributed by atoms with Crippen molar-refractivity contribution in [2.75, 3.05) is 11.4 Å². The lowest BCUT2D eigenvalue weighted by Gasteiger charge is -2.22. The minimum Gasteiger partial charge on any atom is -0.460 e. The standard InChI is InChI=1S/C22H18ClNO4/c23-15-6-8-16(9-7-15)24-13-22-11-10-17(28-22)18(19(22)20(24)25)21(26)27-12-14-4-2-1-3-5-14/h1-11,17-19H,12-13H2/t17-,18-,19-,22+/m0/s1. The van der Waals surface area contributed by atoms with Crippen molar-refractivity contribution in [3.63, 3.8) is 0 Å². The maximum Gasteiger partial charge on any atom is 0.313 e. The molecule has 0 aliphatic carbocycles. The summed E-state index contributed by atoms with van der Waals surface area (Å²) < 4.78 is 11.6. The van der Waals surface area contributed by atoms with E-state index in [9.17, 15) is 9.59 Å². The van der Waals surface area contributed by atoms with Crippen molar-refractivity contribution in [3.05, 3.63) is 77.3 Å². The SMILES string of the molecule is O=C(OCc1ccccc1)[C@H]1[C@@H]2C=C[C@]3(CN(c4ccc(Cl)cc4)C(=O)[C@H]13)O2. The molecule has 2 aromatic rings. The van der Waals surface area contributed by atoms with Crippen LogP contribution in [0.1, 0.15) is 5.56 Å². The summed E-state index contributed by atoms with van der Waals surface area (Å²) in [5, 5.41) is 0.605. The molecule has 2 saturated heterocycles. The molecule has 0 saturated carbocycles. The summed E-state index contributed by atoms with van der Waals surface area (Å²) in [4.78, 5) is 27.7. The number of anilines is 1. The van der Waals surface area contributed by atoms with E-state index in [1.54, 1.807) is 29.2 Å². The molecule has 0 aromatic heterocycles. The van der Waals surface area contributed by atoms with Gasteiger partial charge in [0.25, 0.3) is 0 Å². The average molecular weight is 396 g/mol. The Morgan fingerprint density at radius 3 is 2.68 bits per heavy atom. The van der Waals surface area contributed by atoms with Crippen LogP contribution in [0.3, 0.4) is 0 Å². The number of hydrogen-bond donors (Lipinski definition) is 0. The summed E-state index contributed by atoms with van der Waals surface area (Å²) in [5.74, 6) is -1.70. The molecule has 5 rings (SSSR count). The molecule has 6 heteroatoms. The molecule has 5 nitrogen and oxygen atoms in total. The number of rotatable bonds is 4. The van der Waals surface area contributed by atoms with Gasteiger partial charge < -0.3 is 14.4 Å². The second kappa shape index (κ2) is 6.47. The first-order valence-electron chi connectivity index (χ1n) is 9.22. The van der Waals surface area contributed by atoms with Gasteiger partial charge in [-0.05, 0) is 29.8 Å². The van der Waals surface area contributed by atoms with E-state index in [1.807, 2.05) is 42.5 Å². The minimum absolute atomic E-state index is 0.115. The Kier molecular flexibility index (Phi) is 4.03. The molecule has 0 radical (unpaired) electrons. The molecule has 0 N–H and O–H groups in total. The van der Waals surface area contributed by atoms with Crippen LogP contribution in [-0.4, -0.2) is 30.1 Å². The zero-order chi connectivity index (χ0) is 19.3. The summed E-state index contributed by atoms with van der Waals surface area (Å²) in [6, 6.07) is 16.6. The summed E-state index contributed by atoms with van der Waals surface area (Å²) >= 11 is 5.96. The van der Waals surface area contributed by atoms with Crippen LogP contribution in [0.15, 0.2) is 66.7 Å². The van der Waals surface area contributed by atoms with Crippen molar-refractivity contribution in [2.24, 2.45) is 11.8 Å². The molecule has 2 fully saturated rings. The second-order valence-corrected chi connectivity index (χ2v) is 7.83. The van der Waals surface area contributed by atoms with Crippen molar-refractivity contribution in [1.82, 2.24) is 0 Å². The number of nitrogens with zero attached hydrogens (tertiary/aromatic N) is 1. The third kappa shape index (κ3) is 2.65. The first-order chi connectivity index (χ1) is 13.6. The van der Waals surface area contributed by atoms with Gasteiger partial charge >= 0.3 is 5.97 Å². The van der Waals surface area contributed by atoms with Crippen LogP contribution in [0, 0.1) is 11.8 Å². The lowest BCUT2D eigenvalue weighted by molar-refractivity contribution is -0.153. The first kappa shape index (κ1) is 17.5. The predicted octanol–water partition coefficient (Wildman–Crippen LogP) is 3.37. The summed E-state index contributed by atoms with van der Waals surface area (Å²) in [7, 11) is 0. The maximum atomic E-state index is 13.2. The third-order valence-electron chi connectivity index (χ3n) is 5.73. The van der Waals surface area contributed by atoms with Gasteiger partial charge in [-0.25, -0.2) is 0 Å². The number of hydrogen-bond acceptors (Lipinski definition) is 4. The van der Waals surface area contributed by atoms with Crippen LogP contribution >= 0.6 is 11.6 Å². The molecule has 3 aliphatic heterocycles. The highest BCUT2D eigenvalue weighted by Crippen LogP contribution is 2.53. The van der Waals surface area contributed by atoms with E-state index in [0.717, 1.165) is 11.3 Å². The van der Waals surface area contributed by atoms with Crippen LogP contribution < -0.4 is 4.90 Å². The zero-order valence-corrected chi connectivity index (χ0v) is 15.7. The van der Waals surface area contributed by atoms with Gasteiger partial charge in [0.05, 0.1) is 18.6 Å². The average Bonchev–Trinajstić information content (AvgIpc) is 3.36. The van der Waals surface area contributed by atoms with E-state index in [0.29, 0.717) is 11.6 Å². The Balaban J connectivity index is 1.38.